The zero-order chi connectivity index (χ0) is 26.0. The minimum absolute atomic E-state index is 0.155. The van der Waals surface area contributed by atoms with E-state index in [4.69, 9.17) is 0 Å². The number of carbonyl (C=O) groups is 1. The Kier molecular flexibility index (Phi) is 7.11. The predicted octanol–water partition coefficient (Wildman–Crippen LogP) is 4.50. The third-order valence-electron chi connectivity index (χ3n) is 7.13. The molecule has 1 saturated heterocycles. The second-order valence-corrected chi connectivity index (χ2v) is 10.5. The summed E-state index contributed by atoms with van der Waals surface area (Å²) in [6, 6.07) is 21.3. The summed E-state index contributed by atoms with van der Waals surface area (Å²) in [4.78, 5) is 25.8. The Balaban J connectivity index is 1.21. The van der Waals surface area contributed by atoms with Gasteiger partial charge in [-0.15, -0.1) is 0 Å². The van der Waals surface area contributed by atoms with Gasteiger partial charge in [0.1, 0.15) is 5.82 Å². The fourth-order valence-electron chi connectivity index (χ4n) is 4.64. The highest BCUT2D eigenvalue weighted by Gasteiger charge is 2.17. The van der Waals surface area contributed by atoms with Gasteiger partial charge in [-0.3, -0.25) is 4.79 Å². The average Bonchev–Trinajstić information content (AvgIpc) is 3.32. The van der Waals surface area contributed by atoms with Gasteiger partial charge in [-0.2, -0.15) is 0 Å². The molecule has 1 aliphatic heterocycles. The van der Waals surface area contributed by atoms with Crippen molar-refractivity contribution in [1.82, 2.24) is 19.8 Å². The smallest absolute Gasteiger partial charge is 0.255 e. The summed E-state index contributed by atoms with van der Waals surface area (Å²) in [6.07, 6.45) is 1.01. The number of amides is 1. The van der Waals surface area contributed by atoms with Crippen LogP contribution in [0.3, 0.4) is 0 Å². The molecule has 2 heterocycles. The quantitative estimate of drug-likeness (QED) is 0.350. The number of anilines is 1. The molecule has 5 rings (SSSR count). The topological polar surface area (TPSA) is 84.5 Å². The molecule has 1 fully saturated rings. The molecule has 1 aliphatic rings. The van der Waals surface area contributed by atoms with Crippen molar-refractivity contribution < 1.29 is 9.90 Å². The maximum atomic E-state index is 12.9. The summed E-state index contributed by atoms with van der Waals surface area (Å²) in [5.74, 6) is 0.569. The van der Waals surface area contributed by atoms with Gasteiger partial charge in [0, 0.05) is 49.5 Å². The average molecular weight is 498 g/mol. The Morgan fingerprint density at radius 3 is 2.38 bits per heavy atom. The number of nitrogens with one attached hydrogen (secondary N) is 2. The largest absolute Gasteiger partial charge is 0.386 e. The minimum Gasteiger partial charge on any atom is -0.386 e. The van der Waals surface area contributed by atoms with Gasteiger partial charge < -0.3 is 25.2 Å². The molecule has 7 heteroatoms. The van der Waals surface area contributed by atoms with Gasteiger partial charge in [-0.25, -0.2) is 4.98 Å². The first-order valence-corrected chi connectivity index (χ1v) is 12.9. The van der Waals surface area contributed by atoms with E-state index in [1.165, 1.54) is 5.56 Å². The predicted molar refractivity (Wildman–Crippen MR) is 149 cm³/mol. The first-order chi connectivity index (χ1) is 17.7. The van der Waals surface area contributed by atoms with E-state index >= 15 is 0 Å². The van der Waals surface area contributed by atoms with E-state index in [9.17, 15) is 9.90 Å². The maximum absolute atomic E-state index is 12.9. The molecule has 0 saturated carbocycles. The van der Waals surface area contributed by atoms with E-state index < -0.39 is 5.60 Å². The van der Waals surface area contributed by atoms with Crippen molar-refractivity contribution in [3.63, 3.8) is 0 Å². The van der Waals surface area contributed by atoms with Crippen LogP contribution in [-0.2, 0) is 12.0 Å². The molecule has 4 aromatic rings. The van der Waals surface area contributed by atoms with Crippen molar-refractivity contribution >= 4 is 22.6 Å². The van der Waals surface area contributed by atoms with Gasteiger partial charge in [0.15, 0.2) is 0 Å². The number of aromatic nitrogens is 2. The van der Waals surface area contributed by atoms with Crippen LogP contribution in [0.1, 0.15) is 35.3 Å². The van der Waals surface area contributed by atoms with Crippen molar-refractivity contribution in [3.8, 4) is 11.4 Å². The Morgan fingerprint density at radius 2 is 1.70 bits per heavy atom. The number of benzene rings is 3. The molecular weight excluding hydrogens is 462 g/mol. The highest BCUT2D eigenvalue weighted by atomic mass is 16.3. The number of likely N-dealkylation sites (N-methyl/N-ethyl adjacent to an activating group) is 1. The van der Waals surface area contributed by atoms with Gasteiger partial charge in [-0.1, -0.05) is 36.4 Å². The molecule has 1 aromatic heterocycles. The van der Waals surface area contributed by atoms with Crippen molar-refractivity contribution in [2.45, 2.75) is 25.9 Å². The van der Waals surface area contributed by atoms with Crippen molar-refractivity contribution in [3.05, 3.63) is 83.4 Å². The third kappa shape index (κ3) is 6.07. The monoisotopic (exact) mass is 497 g/mol. The van der Waals surface area contributed by atoms with Gasteiger partial charge in [0.05, 0.1) is 16.6 Å². The van der Waals surface area contributed by atoms with Crippen molar-refractivity contribution in [2.75, 3.05) is 45.1 Å². The summed E-state index contributed by atoms with van der Waals surface area (Å²) in [7, 11) is 2.18. The molecule has 0 aliphatic carbocycles. The van der Waals surface area contributed by atoms with Crippen LogP contribution in [0.4, 0.5) is 5.69 Å². The van der Waals surface area contributed by atoms with Crippen LogP contribution >= 0.6 is 0 Å². The van der Waals surface area contributed by atoms with Crippen LogP contribution in [0.5, 0.6) is 0 Å². The third-order valence-corrected chi connectivity index (χ3v) is 7.13. The van der Waals surface area contributed by atoms with Crippen LogP contribution in [0.25, 0.3) is 22.4 Å². The Labute approximate surface area is 218 Å². The lowest BCUT2D eigenvalue weighted by Crippen LogP contribution is -2.45. The SMILES string of the molecule is CN1CCN(CCc2ccc(NC(=O)c3ccc4nc(-c5ccc(C(C)(C)O)cc5)[nH]c4c3)cc2)CC1. The molecule has 1 amide bonds. The van der Waals surface area contributed by atoms with E-state index in [0.717, 1.165) is 72.8 Å². The molecule has 0 atom stereocenters. The van der Waals surface area contributed by atoms with E-state index in [1.807, 2.05) is 48.5 Å². The summed E-state index contributed by atoms with van der Waals surface area (Å²) in [6.45, 7) is 9.11. The standard InChI is InChI=1S/C30H35N5O2/c1-30(2,37)24-9-6-22(7-10-24)28-32-26-13-8-23(20-27(26)33-28)29(36)31-25-11-4-21(5-12-25)14-15-35-18-16-34(3)17-19-35/h4-13,20,37H,14-19H2,1-3H3,(H,31,36)(H,32,33). The lowest BCUT2D eigenvalue weighted by Gasteiger charge is -2.32. The van der Waals surface area contributed by atoms with E-state index in [2.05, 4.69) is 44.3 Å². The van der Waals surface area contributed by atoms with Crippen LogP contribution in [-0.4, -0.2) is 70.6 Å². The van der Waals surface area contributed by atoms with Crippen LogP contribution in [0.15, 0.2) is 66.7 Å². The van der Waals surface area contributed by atoms with E-state index in [1.54, 1.807) is 19.9 Å². The second kappa shape index (κ2) is 10.5. The zero-order valence-electron chi connectivity index (χ0n) is 21.8. The number of rotatable bonds is 7. The number of imidazole rings is 1. The zero-order valence-corrected chi connectivity index (χ0v) is 21.8. The van der Waals surface area contributed by atoms with E-state index in [-0.39, 0.29) is 5.91 Å². The summed E-state index contributed by atoms with van der Waals surface area (Å²) < 4.78 is 0. The summed E-state index contributed by atoms with van der Waals surface area (Å²) >= 11 is 0. The molecule has 0 unspecified atom stereocenters. The van der Waals surface area contributed by atoms with Gasteiger partial charge in [-0.05, 0) is 68.8 Å². The van der Waals surface area contributed by atoms with Crippen LogP contribution in [0.2, 0.25) is 0 Å². The number of fused-ring (bicyclic) bond motifs is 1. The van der Waals surface area contributed by atoms with Gasteiger partial charge >= 0.3 is 0 Å². The highest BCUT2D eigenvalue weighted by molar-refractivity contribution is 6.06. The highest BCUT2D eigenvalue weighted by Crippen LogP contribution is 2.25. The number of nitrogens with zero attached hydrogens (tertiary/aromatic N) is 3. The molecular formula is C30H35N5O2. The summed E-state index contributed by atoms with van der Waals surface area (Å²) in [5, 5.41) is 13.2. The fourth-order valence-corrected chi connectivity index (χ4v) is 4.64. The fraction of sp³-hybridized carbons (Fsp3) is 0.333. The number of aliphatic hydroxyl groups is 1. The normalized spacial score (nSPS) is 15.2. The van der Waals surface area contributed by atoms with Crippen molar-refractivity contribution in [2.24, 2.45) is 0 Å². The molecule has 37 heavy (non-hydrogen) atoms. The second-order valence-electron chi connectivity index (χ2n) is 10.5. The molecule has 3 aromatic carbocycles. The van der Waals surface area contributed by atoms with Crippen LogP contribution < -0.4 is 5.32 Å². The number of piperazine rings is 1. The molecule has 0 radical (unpaired) electrons. The molecule has 7 nitrogen and oxygen atoms in total. The number of hydrogen-bond donors (Lipinski definition) is 3. The van der Waals surface area contributed by atoms with E-state index in [0.29, 0.717) is 5.56 Å². The van der Waals surface area contributed by atoms with Crippen LogP contribution in [0, 0.1) is 0 Å². The number of carbonyl (C=O) groups excluding carboxylic acids is 1. The minimum atomic E-state index is -0.889. The number of hydrogen-bond acceptors (Lipinski definition) is 5. The molecule has 0 spiro atoms. The lowest BCUT2D eigenvalue weighted by molar-refractivity contribution is 0.0786. The molecule has 0 bridgehead atoms. The Morgan fingerprint density at radius 1 is 1.00 bits per heavy atom. The lowest BCUT2D eigenvalue weighted by atomic mass is 9.97. The van der Waals surface area contributed by atoms with Gasteiger partial charge in [0.25, 0.3) is 5.91 Å². The number of aromatic amines is 1. The van der Waals surface area contributed by atoms with Crippen molar-refractivity contribution in [1.29, 1.82) is 0 Å². The first kappa shape index (κ1) is 25.1. The molecule has 192 valence electrons. The number of H-pyrrole nitrogens is 1. The Hall–Kier alpha value is -3.52. The first-order valence-electron chi connectivity index (χ1n) is 12.9. The summed E-state index contributed by atoms with van der Waals surface area (Å²) in [5.41, 5.74) is 5.09. The molecule has 3 N–H and O–H groups in total. The maximum Gasteiger partial charge on any atom is 0.255 e. The Bertz CT molecular complexity index is 1360. The van der Waals surface area contributed by atoms with Gasteiger partial charge in [0.2, 0.25) is 0 Å².